The number of aryl methyl sites for hydroxylation is 1. The number of likely N-dealkylation sites (N-methyl/N-ethyl adjacent to an activating group) is 1. The van der Waals surface area contributed by atoms with Crippen LogP contribution in [-0.4, -0.2) is 23.9 Å². The second kappa shape index (κ2) is 5.92. The van der Waals surface area contributed by atoms with E-state index in [0.717, 1.165) is 37.2 Å². The molecule has 2 rings (SSSR count). The monoisotopic (exact) mass is 260 g/mol. The number of hydrogen-bond donors (Lipinski definition) is 0. The van der Waals surface area contributed by atoms with Crippen molar-refractivity contribution >= 4 is 5.91 Å². The van der Waals surface area contributed by atoms with Gasteiger partial charge in [0, 0.05) is 19.0 Å². The van der Waals surface area contributed by atoms with Crippen molar-refractivity contribution in [3.05, 3.63) is 23.7 Å². The number of carbonyl (C=O) groups excluding carboxylic acids is 1. The fraction of sp³-hybridized carbons (Fsp3) is 0.600. The first-order valence-corrected chi connectivity index (χ1v) is 6.80. The lowest BCUT2D eigenvalue weighted by atomic mass is 9.86. The number of hydrogen-bond acceptors (Lipinski definition) is 3. The van der Waals surface area contributed by atoms with Gasteiger partial charge in [-0.25, -0.2) is 0 Å². The van der Waals surface area contributed by atoms with Crippen LogP contribution in [0.2, 0.25) is 0 Å². The van der Waals surface area contributed by atoms with Crippen LogP contribution < -0.4 is 0 Å². The van der Waals surface area contributed by atoms with E-state index in [4.69, 9.17) is 9.68 Å². The molecule has 4 heteroatoms. The summed E-state index contributed by atoms with van der Waals surface area (Å²) in [5, 5.41) is 8.88. The molecule has 0 N–H and O–H groups in total. The predicted octanol–water partition coefficient (Wildman–Crippen LogP) is 2.67. The highest BCUT2D eigenvalue weighted by Crippen LogP contribution is 2.26. The van der Waals surface area contributed by atoms with Gasteiger partial charge in [-0.1, -0.05) is 0 Å². The van der Waals surface area contributed by atoms with Gasteiger partial charge in [0.1, 0.15) is 11.5 Å². The van der Waals surface area contributed by atoms with Crippen LogP contribution in [0, 0.1) is 24.2 Å². The smallest absolute Gasteiger partial charge is 0.230 e. The van der Waals surface area contributed by atoms with E-state index in [0.29, 0.717) is 6.42 Å². The fourth-order valence-electron chi connectivity index (χ4n) is 2.65. The van der Waals surface area contributed by atoms with Crippen LogP contribution >= 0.6 is 0 Å². The highest BCUT2D eigenvalue weighted by atomic mass is 16.3. The molecule has 1 aromatic rings. The molecule has 1 fully saturated rings. The Morgan fingerprint density at radius 1 is 1.42 bits per heavy atom. The Labute approximate surface area is 114 Å². The minimum Gasteiger partial charge on any atom is -0.466 e. The van der Waals surface area contributed by atoms with E-state index in [2.05, 4.69) is 6.07 Å². The fourth-order valence-corrected chi connectivity index (χ4v) is 2.65. The van der Waals surface area contributed by atoms with Gasteiger partial charge < -0.3 is 9.32 Å². The minimum atomic E-state index is 0.0924. The summed E-state index contributed by atoms with van der Waals surface area (Å²) < 4.78 is 5.44. The summed E-state index contributed by atoms with van der Waals surface area (Å²) >= 11 is 0. The largest absolute Gasteiger partial charge is 0.466 e. The van der Waals surface area contributed by atoms with E-state index >= 15 is 0 Å². The number of amides is 1. The molecule has 0 atom stereocenters. The van der Waals surface area contributed by atoms with Gasteiger partial charge in [-0.15, -0.1) is 0 Å². The van der Waals surface area contributed by atoms with Crippen molar-refractivity contribution in [3.63, 3.8) is 0 Å². The summed E-state index contributed by atoms with van der Waals surface area (Å²) in [5.74, 6) is 1.82. The molecule has 1 aliphatic rings. The Morgan fingerprint density at radius 3 is 2.63 bits per heavy atom. The molecule has 1 heterocycles. The molecule has 0 aromatic carbocycles. The van der Waals surface area contributed by atoms with Gasteiger partial charge in [0.15, 0.2) is 0 Å². The van der Waals surface area contributed by atoms with Crippen molar-refractivity contribution < 1.29 is 9.21 Å². The van der Waals surface area contributed by atoms with E-state index in [1.807, 2.05) is 31.0 Å². The third-order valence-corrected chi connectivity index (χ3v) is 3.94. The van der Waals surface area contributed by atoms with Gasteiger partial charge in [-0.2, -0.15) is 5.26 Å². The van der Waals surface area contributed by atoms with Crippen molar-refractivity contribution in [2.45, 2.75) is 45.1 Å². The maximum Gasteiger partial charge on any atom is 0.230 e. The zero-order chi connectivity index (χ0) is 13.8. The topological polar surface area (TPSA) is 57.2 Å². The second-order valence-corrected chi connectivity index (χ2v) is 5.33. The van der Waals surface area contributed by atoms with Crippen LogP contribution in [0.15, 0.2) is 16.5 Å². The van der Waals surface area contributed by atoms with Crippen molar-refractivity contribution in [3.8, 4) is 6.07 Å². The molecule has 1 aromatic heterocycles. The van der Waals surface area contributed by atoms with Crippen LogP contribution in [0.1, 0.15) is 37.2 Å². The van der Waals surface area contributed by atoms with E-state index < -0.39 is 0 Å². The Morgan fingerprint density at radius 2 is 2.11 bits per heavy atom. The second-order valence-electron chi connectivity index (χ2n) is 5.33. The van der Waals surface area contributed by atoms with Gasteiger partial charge >= 0.3 is 0 Å². The van der Waals surface area contributed by atoms with Crippen molar-refractivity contribution in [2.24, 2.45) is 5.92 Å². The van der Waals surface area contributed by atoms with Crippen molar-refractivity contribution in [2.75, 3.05) is 7.05 Å². The molecular formula is C15H20N2O2. The third-order valence-electron chi connectivity index (χ3n) is 3.94. The Hall–Kier alpha value is -1.76. The number of carbonyl (C=O) groups is 1. The molecule has 0 unspecified atom stereocenters. The van der Waals surface area contributed by atoms with Crippen LogP contribution in [0.3, 0.4) is 0 Å². The molecule has 0 bridgehead atoms. The van der Waals surface area contributed by atoms with Crippen molar-refractivity contribution in [1.82, 2.24) is 4.90 Å². The Balaban J connectivity index is 1.87. The lowest BCUT2D eigenvalue weighted by Crippen LogP contribution is -2.40. The summed E-state index contributed by atoms with van der Waals surface area (Å²) in [6, 6.07) is 6.32. The summed E-state index contributed by atoms with van der Waals surface area (Å²) in [4.78, 5) is 14.0. The number of rotatable bonds is 3. The van der Waals surface area contributed by atoms with Gasteiger partial charge in [0.2, 0.25) is 5.91 Å². The predicted molar refractivity (Wildman–Crippen MR) is 71.3 cm³/mol. The zero-order valence-electron chi connectivity index (χ0n) is 11.6. The van der Waals surface area contributed by atoms with Gasteiger partial charge in [-0.3, -0.25) is 4.79 Å². The van der Waals surface area contributed by atoms with Crippen LogP contribution in [0.5, 0.6) is 0 Å². The van der Waals surface area contributed by atoms with Crippen molar-refractivity contribution in [1.29, 1.82) is 5.26 Å². The first kappa shape index (κ1) is 13.7. The molecule has 1 aliphatic carbocycles. The highest BCUT2D eigenvalue weighted by molar-refractivity contribution is 5.78. The summed E-state index contributed by atoms with van der Waals surface area (Å²) in [6.07, 6.45) is 3.98. The summed E-state index contributed by atoms with van der Waals surface area (Å²) in [7, 11) is 1.86. The standard InChI is InChI=1S/C15H20N2O2/c1-11-3-8-14(19-11)9-15(18)17(2)13-6-4-12(10-16)5-7-13/h3,8,12-13H,4-7,9H2,1-2H3. The normalized spacial score (nSPS) is 22.8. The maximum atomic E-state index is 12.2. The molecule has 1 amide bonds. The molecule has 19 heavy (non-hydrogen) atoms. The first-order valence-electron chi connectivity index (χ1n) is 6.80. The van der Waals surface area contributed by atoms with Gasteiger partial charge in [0.25, 0.3) is 0 Å². The lowest BCUT2D eigenvalue weighted by molar-refractivity contribution is -0.132. The molecular weight excluding hydrogens is 240 g/mol. The maximum absolute atomic E-state index is 12.2. The molecule has 0 saturated heterocycles. The Kier molecular flexibility index (Phi) is 4.26. The summed E-state index contributed by atoms with van der Waals surface area (Å²) in [5.41, 5.74) is 0. The van der Waals surface area contributed by atoms with Crippen LogP contribution in [0.4, 0.5) is 0 Å². The number of nitriles is 1. The number of nitrogens with zero attached hydrogens (tertiary/aromatic N) is 2. The van der Waals surface area contributed by atoms with E-state index in [1.165, 1.54) is 0 Å². The zero-order valence-corrected chi connectivity index (χ0v) is 11.6. The molecule has 102 valence electrons. The van der Waals surface area contributed by atoms with Crippen LogP contribution in [-0.2, 0) is 11.2 Å². The third kappa shape index (κ3) is 3.37. The molecule has 4 nitrogen and oxygen atoms in total. The van der Waals surface area contributed by atoms with Gasteiger partial charge in [-0.05, 0) is 44.7 Å². The van der Waals surface area contributed by atoms with E-state index in [9.17, 15) is 4.79 Å². The average molecular weight is 260 g/mol. The summed E-state index contributed by atoms with van der Waals surface area (Å²) in [6.45, 7) is 1.88. The SMILES string of the molecule is Cc1ccc(CC(=O)N(C)C2CCC(C#N)CC2)o1. The first-order chi connectivity index (χ1) is 9.10. The average Bonchev–Trinajstić information content (AvgIpc) is 2.83. The molecule has 0 aliphatic heterocycles. The van der Waals surface area contributed by atoms with Crippen LogP contribution in [0.25, 0.3) is 0 Å². The molecule has 1 saturated carbocycles. The number of furan rings is 1. The molecule has 0 spiro atoms. The lowest BCUT2D eigenvalue weighted by Gasteiger charge is -2.32. The van der Waals surface area contributed by atoms with Gasteiger partial charge in [0.05, 0.1) is 12.5 Å². The quantitative estimate of drug-likeness (QED) is 0.839. The molecule has 0 radical (unpaired) electrons. The Bertz CT molecular complexity index is 479. The highest BCUT2D eigenvalue weighted by Gasteiger charge is 2.26. The minimum absolute atomic E-state index is 0.0924. The van der Waals surface area contributed by atoms with E-state index in [-0.39, 0.29) is 17.9 Å². The van der Waals surface area contributed by atoms with E-state index in [1.54, 1.807) is 0 Å².